The van der Waals surface area contributed by atoms with Crippen LogP contribution in [-0.2, 0) is 0 Å². The van der Waals surface area contributed by atoms with E-state index in [2.05, 4.69) is 24.9 Å². The van der Waals surface area contributed by atoms with Crippen LogP contribution in [0.15, 0.2) is 0 Å². The van der Waals surface area contributed by atoms with Crippen molar-refractivity contribution >= 4 is 18.5 Å². The number of nitrogens with one attached hydrogen (secondary N) is 2. The molecule has 0 aliphatic rings. The molecule has 0 aromatic carbocycles. The van der Waals surface area contributed by atoms with E-state index in [1.54, 1.807) is 0 Å². The van der Waals surface area contributed by atoms with Gasteiger partial charge in [-0.05, 0) is 18.6 Å². The number of amidine groups is 1. The molecule has 0 saturated heterocycles. The van der Waals surface area contributed by atoms with E-state index in [1.807, 2.05) is 0 Å². The molecule has 72 valence electrons. The quantitative estimate of drug-likeness (QED) is 0.244. The zero-order valence-electron chi connectivity index (χ0n) is 7.90. The number of rotatable bonds is 7. The van der Waals surface area contributed by atoms with Gasteiger partial charge in [-0.3, -0.25) is 5.41 Å². The molecular weight excluding hydrogens is 168 g/mol. The highest BCUT2D eigenvalue weighted by Gasteiger charge is 1.93. The highest BCUT2D eigenvalue weighted by molar-refractivity contribution is 7.80. The summed E-state index contributed by atoms with van der Waals surface area (Å²) in [6.45, 7) is 3.14. The first-order valence-corrected chi connectivity index (χ1v) is 5.36. The van der Waals surface area contributed by atoms with Crippen LogP contribution in [-0.4, -0.2) is 18.1 Å². The first kappa shape index (κ1) is 11.8. The van der Waals surface area contributed by atoms with E-state index in [9.17, 15) is 0 Å². The Balaban J connectivity index is 3.08. The second-order valence-corrected chi connectivity index (χ2v) is 3.39. The van der Waals surface area contributed by atoms with Gasteiger partial charge in [-0.2, -0.15) is 12.6 Å². The molecule has 0 spiro atoms. The lowest BCUT2D eigenvalue weighted by Crippen LogP contribution is -2.23. The Hall–Kier alpha value is -0.180. The SMILES string of the molecule is CCCCCNC(=N)CCCS. The van der Waals surface area contributed by atoms with Gasteiger partial charge in [-0.25, -0.2) is 0 Å². The maximum Gasteiger partial charge on any atom is 0.0931 e. The highest BCUT2D eigenvalue weighted by Crippen LogP contribution is 1.94. The third-order valence-corrected chi connectivity index (χ3v) is 2.02. The van der Waals surface area contributed by atoms with Crippen molar-refractivity contribution in [2.75, 3.05) is 12.3 Å². The third kappa shape index (κ3) is 7.92. The molecule has 2 N–H and O–H groups in total. The summed E-state index contributed by atoms with van der Waals surface area (Å²) >= 11 is 4.10. The van der Waals surface area contributed by atoms with E-state index >= 15 is 0 Å². The molecule has 2 nitrogen and oxygen atoms in total. The van der Waals surface area contributed by atoms with Gasteiger partial charge in [0.15, 0.2) is 0 Å². The highest BCUT2D eigenvalue weighted by atomic mass is 32.1. The second kappa shape index (κ2) is 8.91. The van der Waals surface area contributed by atoms with Gasteiger partial charge in [0.1, 0.15) is 0 Å². The van der Waals surface area contributed by atoms with Crippen LogP contribution in [0.4, 0.5) is 0 Å². The fourth-order valence-electron chi connectivity index (χ4n) is 0.958. The average molecular weight is 188 g/mol. The molecule has 0 aliphatic heterocycles. The third-order valence-electron chi connectivity index (χ3n) is 1.70. The van der Waals surface area contributed by atoms with Crippen LogP contribution in [0.3, 0.4) is 0 Å². The van der Waals surface area contributed by atoms with Crippen LogP contribution < -0.4 is 5.32 Å². The second-order valence-electron chi connectivity index (χ2n) is 2.94. The number of thiol groups is 1. The smallest absolute Gasteiger partial charge is 0.0931 e. The number of hydrogen-bond acceptors (Lipinski definition) is 2. The Labute approximate surface area is 81.0 Å². The van der Waals surface area contributed by atoms with Crippen molar-refractivity contribution in [1.82, 2.24) is 5.32 Å². The maximum absolute atomic E-state index is 7.48. The van der Waals surface area contributed by atoms with Gasteiger partial charge in [0, 0.05) is 13.0 Å². The molecule has 0 heterocycles. The van der Waals surface area contributed by atoms with Crippen LogP contribution in [0, 0.1) is 5.41 Å². The van der Waals surface area contributed by atoms with Gasteiger partial charge in [-0.1, -0.05) is 19.8 Å². The minimum atomic E-state index is 0.667. The van der Waals surface area contributed by atoms with Crippen molar-refractivity contribution in [3.8, 4) is 0 Å². The standard InChI is InChI=1S/C9H20N2S/c1-2-3-4-7-11-9(10)6-5-8-12/h12H,2-8H2,1H3,(H2,10,11). The molecule has 0 unspecified atom stereocenters. The first-order valence-electron chi connectivity index (χ1n) is 4.73. The summed E-state index contributed by atoms with van der Waals surface area (Å²) in [7, 11) is 0. The largest absolute Gasteiger partial charge is 0.374 e. The summed E-state index contributed by atoms with van der Waals surface area (Å²) in [5, 5.41) is 10.6. The van der Waals surface area contributed by atoms with Crippen LogP contribution in [0.25, 0.3) is 0 Å². The van der Waals surface area contributed by atoms with Crippen molar-refractivity contribution in [3.63, 3.8) is 0 Å². The molecule has 3 heteroatoms. The van der Waals surface area contributed by atoms with E-state index < -0.39 is 0 Å². The van der Waals surface area contributed by atoms with Gasteiger partial charge in [0.05, 0.1) is 5.84 Å². The average Bonchev–Trinajstić information content (AvgIpc) is 2.09. The van der Waals surface area contributed by atoms with Crippen molar-refractivity contribution in [2.24, 2.45) is 0 Å². The minimum absolute atomic E-state index is 0.667. The number of unbranched alkanes of at least 4 members (excludes halogenated alkanes) is 2. The molecule has 0 atom stereocenters. The van der Waals surface area contributed by atoms with E-state index in [0.717, 1.165) is 25.1 Å². The fraction of sp³-hybridized carbons (Fsp3) is 0.889. The van der Waals surface area contributed by atoms with Crippen molar-refractivity contribution in [2.45, 2.75) is 39.0 Å². The molecule has 0 aliphatic carbocycles. The number of hydrogen-bond donors (Lipinski definition) is 3. The lowest BCUT2D eigenvalue weighted by molar-refractivity contribution is 0.688. The van der Waals surface area contributed by atoms with Gasteiger partial charge in [0.25, 0.3) is 0 Å². The van der Waals surface area contributed by atoms with E-state index in [4.69, 9.17) is 5.41 Å². The Bertz CT molecular complexity index is 115. The summed E-state index contributed by atoms with van der Waals surface area (Å²) in [4.78, 5) is 0. The van der Waals surface area contributed by atoms with Crippen molar-refractivity contribution in [1.29, 1.82) is 5.41 Å². The summed E-state index contributed by atoms with van der Waals surface area (Å²) in [6, 6.07) is 0. The first-order chi connectivity index (χ1) is 5.81. The van der Waals surface area contributed by atoms with Crippen LogP contribution in [0.5, 0.6) is 0 Å². The molecule has 0 radical (unpaired) electrons. The molecule has 12 heavy (non-hydrogen) atoms. The predicted octanol–water partition coefficient (Wildman–Crippen LogP) is 2.45. The van der Waals surface area contributed by atoms with Crippen LogP contribution >= 0.6 is 12.6 Å². The van der Waals surface area contributed by atoms with Gasteiger partial charge in [-0.15, -0.1) is 0 Å². The molecule has 0 fully saturated rings. The Kier molecular flexibility index (Phi) is 8.78. The van der Waals surface area contributed by atoms with Crippen LogP contribution in [0.1, 0.15) is 39.0 Å². The summed E-state index contributed by atoms with van der Waals surface area (Å²) in [5.41, 5.74) is 0. The Morgan fingerprint density at radius 3 is 2.67 bits per heavy atom. The normalized spacial score (nSPS) is 9.83. The van der Waals surface area contributed by atoms with Crippen molar-refractivity contribution < 1.29 is 0 Å². The summed E-state index contributed by atoms with van der Waals surface area (Å²) in [6.07, 6.45) is 5.52. The van der Waals surface area contributed by atoms with Gasteiger partial charge < -0.3 is 5.32 Å². The molecule has 0 rings (SSSR count). The van der Waals surface area contributed by atoms with E-state index in [-0.39, 0.29) is 0 Å². The van der Waals surface area contributed by atoms with Crippen LogP contribution in [0.2, 0.25) is 0 Å². The molecular formula is C9H20N2S. The van der Waals surface area contributed by atoms with Crippen molar-refractivity contribution in [3.05, 3.63) is 0 Å². The summed E-state index contributed by atoms with van der Waals surface area (Å²) in [5.74, 6) is 1.54. The molecule has 0 aromatic rings. The monoisotopic (exact) mass is 188 g/mol. The predicted molar refractivity (Wildman–Crippen MR) is 58.3 cm³/mol. The van der Waals surface area contributed by atoms with Gasteiger partial charge >= 0.3 is 0 Å². The lowest BCUT2D eigenvalue weighted by Gasteiger charge is -2.05. The zero-order chi connectivity index (χ0) is 9.23. The van der Waals surface area contributed by atoms with Gasteiger partial charge in [0.2, 0.25) is 0 Å². The fourth-order valence-corrected chi connectivity index (χ4v) is 1.12. The summed E-state index contributed by atoms with van der Waals surface area (Å²) < 4.78 is 0. The minimum Gasteiger partial charge on any atom is -0.374 e. The molecule has 0 saturated carbocycles. The topological polar surface area (TPSA) is 35.9 Å². The van der Waals surface area contributed by atoms with E-state index in [0.29, 0.717) is 5.84 Å². The molecule has 0 aromatic heterocycles. The zero-order valence-corrected chi connectivity index (χ0v) is 8.79. The maximum atomic E-state index is 7.48. The molecule has 0 bridgehead atoms. The lowest BCUT2D eigenvalue weighted by atomic mass is 10.2. The van der Waals surface area contributed by atoms with E-state index in [1.165, 1.54) is 19.3 Å². The Morgan fingerprint density at radius 2 is 2.08 bits per heavy atom. The Morgan fingerprint density at radius 1 is 1.33 bits per heavy atom. The molecule has 0 amide bonds.